The third kappa shape index (κ3) is 18.6. The van der Waals surface area contributed by atoms with Crippen LogP contribution >= 0.6 is 36.7 Å². The molecule has 0 atom stereocenters. The summed E-state index contributed by atoms with van der Waals surface area (Å²) in [5.41, 5.74) is 0. The van der Waals surface area contributed by atoms with Crippen LogP contribution in [0.4, 0.5) is 0 Å². The Labute approximate surface area is 95.1 Å². The lowest BCUT2D eigenvalue weighted by molar-refractivity contribution is -0.113. The van der Waals surface area contributed by atoms with Crippen molar-refractivity contribution in [1.82, 2.24) is 5.32 Å². The number of amides is 1. The summed E-state index contributed by atoms with van der Waals surface area (Å²) in [6.45, 7) is 6.99. The van der Waals surface area contributed by atoms with Gasteiger partial charge in [0.25, 0.3) is 5.91 Å². The third-order valence-corrected chi connectivity index (χ3v) is 0.897. The molecule has 0 fully saturated rings. The lowest BCUT2D eigenvalue weighted by atomic mass is 10.4. The molecule has 0 heterocycles. The van der Waals surface area contributed by atoms with Crippen molar-refractivity contribution in [2.45, 2.75) is 27.7 Å². The summed E-state index contributed by atoms with van der Waals surface area (Å²) in [6, 6.07) is 0. The van der Waals surface area contributed by atoms with Crippen molar-refractivity contribution >= 4 is 57.3 Å². The van der Waals surface area contributed by atoms with E-state index in [1.807, 2.05) is 13.8 Å². The molecule has 5 heteroatoms. The molecule has 0 unspecified atom stereocenters. The van der Waals surface area contributed by atoms with Crippen LogP contribution in [0.2, 0.25) is 0 Å². The minimum atomic E-state index is -0.280. The van der Waals surface area contributed by atoms with Crippen molar-refractivity contribution in [3.8, 4) is 0 Å². The molecule has 0 aliphatic rings. The predicted molar refractivity (Wildman–Crippen MR) is 68.6 cm³/mol. The van der Waals surface area contributed by atoms with E-state index < -0.39 is 0 Å². The maximum absolute atomic E-state index is 10.6. The summed E-state index contributed by atoms with van der Waals surface area (Å²) < 4.78 is 0. The van der Waals surface area contributed by atoms with E-state index in [-0.39, 0.29) is 5.91 Å². The highest BCUT2D eigenvalue weighted by atomic mass is 32.1. The maximum atomic E-state index is 10.6. The molecule has 0 aromatic rings. The lowest BCUT2D eigenvalue weighted by Gasteiger charge is -1.97. The lowest BCUT2D eigenvalue weighted by Crippen LogP contribution is -2.30. The number of rotatable bonds is 1. The van der Waals surface area contributed by atoms with Gasteiger partial charge in [-0.15, -0.1) is 0 Å². The molecule has 0 rings (SSSR count). The molecule has 0 aromatic carbocycles. The van der Waals surface area contributed by atoms with E-state index in [2.05, 4.69) is 42.0 Å². The Morgan fingerprint density at radius 3 is 1.38 bits per heavy atom. The Morgan fingerprint density at radius 2 is 1.31 bits per heavy atom. The van der Waals surface area contributed by atoms with Crippen molar-refractivity contribution < 1.29 is 4.79 Å². The molecule has 0 aliphatic carbocycles. The molecular formula is C8H13NOS3. The first-order valence-electron chi connectivity index (χ1n) is 3.57. The van der Waals surface area contributed by atoms with E-state index in [4.69, 9.17) is 0 Å². The number of hydrogen-bond acceptors (Lipinski definition) is 4. The van der Waals surface area contributed by atoms with Crippen molar-refractivity contribution in [1.29, 1.82) is 0 Å². The molecular weight excluding hydrogens is 222 g/mol. The zero-order valence-electron chi connectivity index (χ0n) is 8.13. The van der Waals surface area contributed by atoms with Crippen LogP contribution in [0, 0.1) is 0 Å². The minimum absolute atomic E-state index is 0.280. The Kier molecular flexibility index (Phi) is 9.77. The molecule has 0 saturated carbocycles. The summed E-state index contributed by atoms with van der Waals surface area (Å²) in [4.78, 5) is 12.4. The number of thiocarbonyl (C=S) groups is 3. The summed E-state index contributed by atoms with van der Waals surface area (Å²) in [6.07, 6.45) is 0. The first-order valence-corrected chi connectivity index (χ1v) is 4.79. The van der Waals surface area contributed by atoms with Gasteiger partial charge in [-0.1, -0.05) is 36.7 Å². The number of carbonyl (C=O) groups is 1. The van der Waals surface area contributed by atoms with Crippen LogP contribution in [0.25, 0.3) is 0 Å². The van der Waals surface area contributed by atoms with Gasteiger partial charge in [-0.3, -0.25) is 4.79 Å². The van der Waals surface area contributed by atoms with Gasteiger partial charge in [0.05, 0.1) is 9.85 Å². The maximum Gasteiger partial charge on any atom is 0.262 e. The molecule has 1 N–H and O–H groups in total. The van der Waals surface area contributed by atoms with E-state index in [1.165, 1.54) is 0 Å². The first-order chi connectivity index (χ1) is 5.77. The number of carbonyl (C=O) groups excluding carboxylic acids is 1. The summed E-state index contributed by atoms with van der Waals surface area (Å²) >= 11 is 13.7. The fourth-order valence-corrected chi connectivity index (χ4v) is 0.392. The molecule has 2 nitrogen and oxygen atoms in total. The average molecular weight is 235 g/mol. The summed E-state index contributed by atoms with van der Waals surface area (Å²) in [5.74, 6) is -0.280. The summed E-state index contributed by atoms with van der Waals surface area (Å²) in [7, 11) is 0. The molecule has 13 heavy (non-hydrogen) atoms. The van der Waals surface area contributed by atoms with Crippen LogP contribution in [0.1, 0.15) is 27.7 Å². The van der Waals surface area contributed by atoms with Gasteiger partial charge in [0.2, 0.25) is 0 Å². The predicted octanol–water partition coefficient (Wildman–Crippen LogP) is 2.24. The Balaban J connectivity index is 0. The average Bonchev–Trinajstić information content (AvgIpc) is 1.83. The second-order valence-electron chi connectivity index (χ2n) is 2.47. The van der Waals surface area contributed by atoms with Gasteiger partial charge in [0.1, 0.15) is 0 Å². The second-order valence-corrected chi connectivity index (χ2v) is 4.52. The third-order valence-electron chi connectivity index (χ3n) is 0.609. The zero-order valence-corrected chi connectivity index (χ0v) is 10.6. The van der Waals surface area contributed by atoms with Crippen LogP contribution in [-0.2, 0) is 4.79 Å². The van der Waals surface area contributed by atoms with E-state index in [0.717, 1.165) is 4.86 Å². The van der Waals surface area contributed by atoms with Gasteiger partial charge in [-0.25, -0.2) is 0 Å². The second kappa shape index (κ2) is 8.34. The Morgan fingerprint density at radius 1 is 1.00 bits per heavy atom. The Bertz CT molecular complexity index is 232. The van der Waals surface area contributed by atoms with Gasteiger partial charge < -0.3 is 5.32 Å². The topological polar surface area (TPSA) is 29.1 Å². The van der Waals surface area contributed by atoms with Crippen LogP contribution in [-0.4, -0.2) is 20.6 Å². The van der Waals surface area contributed by atoms with Crippen LogP contribution in [0.5, 0.6) is 0 Å². The van der Waals surface area contributed by atoms with Crippen molar-refractivity contribution in [3.05, 3.63) is 0 Å². The van der Waals surface area contributed by atoms with Crippen molar-refractivity contribution in [2.24, 2.45) is 0 Å². The molecule has 0 spiro atoms. The van der Waals surface area contributed by atoms with Crippen LogP contribution in [0.15, 0.2) is 0 Å². The van der Waals surface area contributed by atoms with E-state index in [9.17, 15) is 4.79 Å². The van der Waals surface area contributed by atoms with Crippen LogP contribution in [0.3, 0.4) is 0 Å². The largest absolute Gasteiger partial charge is 0.316 e. The van der Waals surface area contributed by atoms with Crippen LogP contribution < -0.4 is 5.32 Å². The number of nitrogens with one attached hydrogen (secondary N) is 1. The fraction of sp³-hybridized carbons (Fsp3) is 0.500. The molecule has 74 valence electrons. The highest BCUT2D eigenvalue weighted by Gasteiger charge is 2.01. The fourth-order valence-electron chi connectivity index (χ4n) is 0.248. The molecule has 1 amide bonds. The van der Waals surface area contributed by atoms with Gasteiger partial charge in [-0.2, -0.15) is 0 Å². The van der Waals surface area contributed by atoms with Gasteiger partial charge in [0.15, 0.2) is 0 Å². The first kappa shape index (κ1) is 15.2. The monoisotopic (exact) mass is 235 g/mol. The SMILES string of the molecule is CC(=S)NC(=O)C(C)=S.CC(C)=S. The highest BCUT2D eigenvalue weighted by molar-refractivity contribution is 7.82. The van der Waals surface area contributed by atoms with Gasteiger partial charge in [-0.05, 0) is 32.6 Å². The smallest absolute Gasteiger partial charge is 0.262 e. The van der Waals surface area contributed by atoms with E-state index in [0.29, 0.717) is 9.85 Å². The van der Waals surface area contributed by atoms with Gasteiger partial charge in [0, 0.05) is 0 Å². The Hall–Kier alpha value is -0.260. The highest BCUT2D eigenvalue weighted by Crippen LogP contribution is 1.75. The quantitative estimate of drug-likeness (QED) is 0.706. The van der Waals surface area contributed by atoms with E-state index >= 15 is 0 Å². The molecule has 0 bridgehead atoms. The molecule has 0 radical (unpaired) electrons. The van der Waals surface area contributed by atoms with Crippen molar-refractivity contribution in [3.63, 3.8) is 0 Å². The molecule has 0 saturated heterocycles. The molecule has 0 aromatic heterocycles. The van der Waals surface area contributed by atoms with Gasteiger partial charge >= 0.3 is 0 Å². The van der Waals surface area contributed by atoms with Crippen molar-refractivity contribution in [2.75, 3.05) is 0 Å². The minimum Gasteiger partial charge on any atom is -0.316 e. The molecule has 0 aliphatic heterocycles. The zero-order chi connectivity index (χ0) is 11.0. The van der Waals surface area contributed by atoms with E-state index in [1.54, 1.807) is 13.8 Å². The standard InChI is InChI=1S/C5H7NOS2.C3H6S/c1-3(8)5(7)6-4(2)9;1-3(2)4/h1-2H3,(H,6,7,9);1-2H3. The normalized spacial score (nSPS) is 7.69. The number of hydrogen-bond donors (Lipinski definition) is 1. The summed E-state index contributed by atoms with van der Waals surface area (Å²) in [5, 5.41) is 2.39.